The van der Waals surface area contributed by atoms with Crippen LogP contribution in [0.15, 0.2) is 42.7 Å². The number of amides is 1. The van der Waals surface area contributed by atoms with Crippen LogP contribution in [-0.2, 0) is 0 Å². The van der Waals surface area contributed by atoms with Crippen molar-refractivity contribution < 1.29 is 9.18 Å². The molecule has 2 heterocycles. The average Bonchev–Trinajstić information content (AvgIpc) is 2.61. The van der Waals surface area contributed by atoms with Gasteiger partial charge in [-0.2, -0.15) is 0 Å². The van der Waals surface area contributed by atoms with Crippen molar-refractivity contribution in [1.29, 1.82) is 0 Å². The fourth-order valence-electron chi connectivity index (χ4n) is 4.04. The summed E-state index contributed by atoms with van der Waals surface area (Å²) < 4.78 is 13.3. The first-order valence-corrected chi connectivity index (χ1v) is 8.72. The molecule has 1 aliphatic heterocycles. The number of hydrogen-bond acceptors (Lipinski definition) is 4. The van der Waals surface area contributed by atoms with Gasteiger partial charge in [-0.05, 0) is 55.4 Å². The Balaban J connectivity index is 1.30. The van der Waals surface area contributed by atoms with Crippen LogP contribution >= 0.6 is 0 Å². The minimum absolute atomic E-state index is 0.0685. The van der Waals surface area contributed by atoms with Crippen LogP contribution in [0.4, 0.5) is 10.3 Å². The number of rotatable bonds is 3. The highest BCUT2D eigenvalue weighted by atomic mass is 19.1. The maximum Gasteiger partial charge on any atom is 0.253 e. The number of nitrogens with one attached hydrogen (secondary N) is 1. The first kappa shape index (κ1) is 16.0. The normalized spacial score (nSPS) is 19.5. The fraction of sp³-hybridized carbons (Fsp3) is 0.421. The van der Waals surface area contributed by atoms with Crippen LogP contribution in [0.25, 0.3) is 0 Å². The lowest BCUT2D eigenvalue weighted by molar-refractivity contribution is 0.0218. The second kappa shape index (κ2) is 6.43. The number of likely N-dealkylation sites (tertiary alicyclic amines) is 1. The molecule has 5 nitrogen and oxygen atoms in total. The highest BCUT2D eigenvalue weighted by molar-refractivity contribution is 5.94. The van der Waals surface area contributed by atoms with Gasteiger partial charge in [-0.15, -0.1) is 0 Å². The Labute approximate surface area is 146 Å². The van der Waals surface area contributed by atoms with Gasteiger partial charge >= 0.3 is 0 Å². The number of halogens is 1. The highest BCUT2D eigenvalue weighted by Gasteiger charge is 2.46. The molecule has 2 aromatic rings. The SMILES string of the molecule is O=C(c1cccc(F)c1)N1CCC2(CC1)CC(Nc1ncccn1)C2. The maximum atomic E-state index is 13.3. The maximum absolute atomic E-state index is 13.3. The standard InChI is InChI=1S/C19H21FN4O/c20-15-4-1-3-14(11-15)17(25)24-9-5-19(6-10-24)12-16(13-19)23-18-21-7-2-8-22-18/h1-4,7-8,11,16H,5-6,9-10,12-13H2,(H,21,22,23). The quantitative estimate of drug-likeness (QED) is 0.933. The van der Waals surface area contributed by atoms with E-state index in [0.29, 0.717) is 23.0 Å². The molecule has 2 aliphatic rings. The molecular weight excluding hydrogens is 319 g/mol. The first-order chi connectivity index (χ1) is 12.1. The second-order valence-electron chi connectivity index (χ2n) is 7.12. The van der Waals surface area contributed by atoms with Gasteiger partial charge in [0.2, 0.25) is 5.95 Å². The summed E-state index contributed by atoms with van der Waals surface area (Å²) in [6.45, 7) is 1.48. The second-order valence-corrected chi connectivity index (χ2v) is 7.12. The van der Waals surface area contributed by atoms with Crippen molar-refractivity contribution in [1.82, 2.24) is 14.9 Å². The van der Waals surface area contributed by atoms with Crippen LogP contribution in [0.3, 0.4) is 0 Å². The Morgan fingerprint density at radius 2 is 1.88 bits per heavy atom. The van der Waals surface area contributed by atoms with E-state index in [2.05, 4.69) is 15.3 Å². The summed E-state index contributed by atoms with van der Waals surface area (Å²) >= 11 is 0. The molecule has 1 amide bonds. The lowest BCUT2D eigenvalue weighted by Crippen LogP contribution is -2.52. The predicted molar refractivity (Wildman–Crippen MR) is 92.6 cm³/mol. The predicted octanol–water partition coefficient (Wildman–Crippen LogP) is 3.11. The summed E-state index contributed by atoms with van der Waals surface area (Å²) in [6, 6.07) is 8.16. The molecular formula is C19H21FN4O. The van der Waals surface area contributed by atoms with E-state index < -0.39 is 0 Å². The minimum atomic E-state index is -0.365. The van der Waals surface area contributed by atoms with Crippen LogP contribution in [-0.4, -0.2) is 39.9 Å². The molecule has 1 aromatic carbocycles. The van der Waals surface area contributed by atoms with Gasteiger partial charge in [0.1, 0.15) is 5.82 Å². The Morgan fingerprint density at radius 3 is 2.56 bits per heavy atom. The fourth-order valence-corrected chi connectivity index (χ4v) is 4.04. The number of nitrogens with zero attached hydrogens (tertiary/aromatic N) is 3. The molecule has 1 aromatic heterocycles. The van der Waals surface area contributed by atoms with Gasteiger partial charge in [-0.3, -0.25) is 4.79 Å². The monoisotopic (exact) mass is 340 g/mol. The highest BCUT2D eigenvalue weighted by Crippen LogP contribution is 2.49. The van der Waals surface area contributed by atoms with Crippen LogP contribution < -0.4 is 5.32 Å². The van der Waals surface area contributed by atoms with Crippen molar-refractivity contribution in [2.75, 3.05) is 18.4 Å². The van der Waals surface area contributed by atoms with Crippen molar-refractivity contribution in [2.24, 2.45) is 5.41 Å². The molecule has 1 aliphatic carbocycles. The molecule has 0 radical (unpaired) electrons. The molecule has 2 fully saturated rings. The smallest absolute Gasteiger partial charge is 0.253 e. The number of carbonyl (C=O) groups is 1. The summed E-state index contributed by atoms with van der Waals surface area (Å²) in [5.41, 5.74) is 0.760. The van der Waals surface area contributed by atoms with Gasteiger partial charge in [-0.25, -0.2) is 14.4 Å². The van der Waals surface area contributed by atoms with Crippen molar-refractivity contribution >= 4 is 11.9 Å². The van der Waals surface area contributed by atoms with Crippen molar-refractivity contribution in [2.45, 2.75) is 31.7 Å². The summed E-state index contributed by atoms with van der Waals surface area (Å²) in [4.78, 5) is 22.8. The summed E-state index contributed by atoms with van der Waals surface area (Å²) in [5, 5.41) is 3.37. The number of hydrogen-bond donors (Lipinski definition) is 1. The Bertz CT molecular complexity index is 751. The molecule has 130 valence electrons. The van der Waals surface area contributed by atoms with E-state index in [1.807, 2.05) is 4.90 Å². The number of aromatic nitrogens is 2. The molecule has 1 spiro atoms. The molecule has 1 N–H and O–H groups in total. The van der Waals surface area contributed by atoms with Gasteiger partial charge in [0.15, 0.2) is 0 Å². The Hall–Kier alpha value is -2.50. The zero-order valence-electron chi connectivity index (χ0n) is 14.0. The van der Waals surface area contributed by atoms with E-state index >= 15 is 0 Å². The Kier molecular flexibility index (Phi) is 4.11. The van der Waals surface area contributed by atoms with E-state index in [1.54, 1.807) is 30.6 Å². The molecule has 4 rings (SSSR count). The van der Waals surface area contributed by atoms with Crippen LogP contribution in [0, 0.1) is 11.2 Å². The summed E-state index contributed by atoms with van der Waals surface area (Å²) in [5.74, 6) is 0.248. The number of anilines is 1. The van der Waals surface area contributed by atoms with E-state index in [9.17, 15) is 9.18 Å². The molecule has 6 heteroatoms. The van der Waals surface area contributed by atoms with Crippen molar-refractivity contribution in [3.8, 4) is 0 Å². The van der Waals surface area contributed by atoms with E-state index in [1.165, 1.54) is 12.1 Å². The Morgan fingerprint density at radius 1 is 1.16 bits per heavy atom. The van der Waals surface area contributed by atoms with E-state index in [-0.39, 0.29) is 11.7 Å². The first-order valence-electron chi connectivity index (χ1n) is 8.72. The van der Waals surface area contributed by atoms with Gasteiger partial charge in [0.05, 0.1) is 0 Å². The van der Waals surface area contributed by atoms with E-state index in [4.69, 9.17) is 0 Å². The molecule has 0 bridgehead atoms. The van der Waals surface area contributed by atoms with Gasteiger partial charge < -0.3 is 10.2 Å². The summed E-state index contributed by atoms with van der Waals surface area (Å²) in [7, 11) is 0. The molecule has 25 heavy (non-hydrogen) atoms. The minimum Gasteiger partial charge on any atom is -0.351 e. The lowest BCUT2D eigenvalue weighted by Gasteiger charge is -2.52. The van der Waals surface area contributed by atoms with E-state index in [0.717, 1.165) is 38.8 Å². The summed E-state index contributed by atoms with van der Waals surface area (Å²) in [6.07, 6.45) is 7.66. The number of piperidine rings is 1. The van der Waals surface area contributed by atoms with Gasteiger partial charge in [0.25, 0.3) is 5.91 Å². The van der Waals surface area contributed by atoms with Gasteiger partial charge in [-0.1, -0.05) is 6.07 Å². The van der Waals surface area contributed by atoms with Crippen molar-refractivity contribution in [3.05, 3.63) is 54.1 Å². The molecule has 1 saturated carbocycles. The lowest BCUT2D eigenvalue weighted by atomic mass is 9.60. The molecule has 1 saturated heterocycles. The zero-order valence-corrected chi connectivity index (χ0v) is 14.0. The largest absolute Gasteiger partial charge is 0.351 e. The number of benzene rings is 1. The van der Waals surface area contributed by atoms with Crippen molar-refractivity contribution in [3.63, 3.8) is 0 Å². The molecule has 0 atom stereocenters. The number of carbonyl (C=O) groups excluding carboxylic acids is 1. The third-order valence-electron chi connectivity index (χ3n) is 5.44. The van der Waals surface area contributed by atoms with Crippen LogP contribution in [0.2, 0.25) is 0 Å². The van der Waals surface area contributed by atoms with Crippen LogP contribution in [0.5, 0.6) is 0 Å². The van der Waals surface area contributed by atoms with Gasteiger partial charge in [0, 0.05) is 37.1 Å². The third-order valence-corrected chi connectivity index (χ3v) is 5.44. The third kappa shape index (κ3) is 3.34. The topological polar surface area (TPSA) is 58.1 Å². The molecule has 0 unspecified atom stereocenters. The van der Waals surface area contributed by atoms with Crippen LogP contribution in [0.1, 0.15) is 36.0 Å². The average molecular weight is 340 g/mol. The zero-order chi connectivity index (χ0) is 17.3.